The number of hydrogen-bond donors (Lipinski definition) is 2. The zero-order chi connectivity index (χ0) is 15.1. The predicted octanol–water partition coefficient (Wildman–Crippen LogP) is 1.37. The van der Waals surface area contributed by atoms with Crippen molar-refractivity contribution in [1.29, 1.82) is 5.26 Å². The van der Waals surface area contributed by atoms with E-state index < -0.39 is 0 Å². The van der Waals surface area contributed by atoms with Gasteiger partial charge in [-0.05, 0) is 44.1 Å². The van der Waals surface area contributed by atoms with Crippen LogP contribution in [-0.4, -0.2) is 43.5 Å². The highest BCUT2D eigenvalue weighted by atomic mass is 16.2. The Morgan fingerprint density at radius 2 is 2.24 bits per heavy atom. The maximum absolute atomic E-state index is 12.0. The fraction of sp³-hybridized carbons (Fsp3) is 0.500. The van der Waals surface area contributed by atoms with Crippen molar-refractivity contribution in [1.82, 2.24) is 10.2 Å². The van der Waals surface area contributed by atoms with Gasteiger partial charge in [0.25, 0.3) is 0 Å². The highest BCUT2D eigenvalue weighted by Crippen LogP contribution is 2.10. The number of anilines is 1. The molecule has 0 saturated carbocycles. The van der Waals surface area contributed by atoms with Gasteiger partial charge in [-0.25, -0.2) is 0 Å². The molecule has 0 aromatic heterocycles. The standard InChI is InChI=1S/C16H22N4O/c1-20(11-15-3-2-10-18-15)12-16(21)19-14-6-4-13(5-7-14)8-9-17/h4-7,15,18H,2-3,8,10-12H2,1H3,(H,19,21). The Balaban J connectivity index is 1.76. The van der Waals surface area contributed by atoms with Crippen molar-refractivity contribution in [2.45, 2.75) is 25.3 Å². The van der Waals surface area contributed by atoms with E-state index >= 15 is 0 Å². The van der Waals surface area contributed by atoms with Gasteiger partial charge in [0.2, 0.25) is 5.91 Å². The Labute approximate surface area is 125 Å². The molecule has 5 heteroatoms. The number of rotatable bonds is 6. The highest BCUT2D eigenvalue weighted by Gasteiger charge is 2.17. The summed E-state index contributed by atoms with van der Waals surface area (Å²) in [5.41, 5.74) is 1.73. The summed E-state index contributed by atoms with van der Waals surface area (Å²) in [6, 6.07) is 10.0. The Morgan fingerprint density at radius 3 is 2.86 bits per heavy atom. The van der Waals surface area contributed by atoms with Crippen LogP contribution in [0.25, 0.3) is 0 Å². The second kappa shape index (κ2) is 7.77. The van der Waals surface area contributed by atoms with Gasteiger partial charge in [0.05, 0.1) is 19.0 Å². The number of hydrogen-bond acceptors (Lipinski definition) is 4. The first-order chi connectivity index (χ1) is 10.2. The summed E-state index contributed by atoms with van der Waals surface area (Å²) in [6.45, 7) is 2.37. The molecule has 1 atom stereocenters. The second-order valence-corrected chi connectivity index (χ2v) is 5.57. The van der Waals surface area contributed by atoms with Crippen LogP contribution < -0.4 is 10.6 Å². The van der Waals surface area contributed by atoms with Crippen LogP contribution in [0.5, 0.6) is 0 Å². The molecular formula is C16H22N4O. The van der Waals surface area contributed by atoms with Crippen molar-refractivity contribution in [3.8, 4) is 6.07 Å². The van der Waals surface area contributed by atoms with Crippen molar-refractivity contribution in [3.05, 3.63) is 29.8 Å². The van der Waals surface area contributed by atoms with E-state index in [-0.39, 0.29) is 5.91 Å². The smallest absolute Gasteiger partial charge is 0.238 e. The van der Waals surface area contributed by atoms with Crippen LogP contribution in [0.15, 0.2) is 24.3 Å². The van der Waals surface area contributed by atoms with E-state index in [0.717, 1.165) is 24.3 Å². The maximum atomic E-state index is 12.0. The van der Waals surface area contributed by atoms with Crippen LogP contribution in [0.4, 0.5) is 5.69 Å². The van der Waals surface area contributed by atoms with E-state index in [0.29, 0.717) is 19.0 Å². The van der Waals surface area contributed by atoms with Gasteiger partial charge in [-0.3, -0.25) is 9.69 Å². The normalized spacial score (nSPS) is 17.7. The molecule has 0 bridgehead atoms. The molecule has 112 valence electrons. The molecule has 0 aliphatic carbocycles. The third-order valence-corrected chi connectivity index (χ3v) is 3.63. The zero-order valence-corrected chi connectivity index (χ0v) is 12.4. The Kier molecular flexibility index (Phi) is 5.73. The van der Waals surface area contributed by atoms with E-state index in [2.05, 4.69) is 16.7 Å². The molecule has 1 unspecified atom stereocenters. The first-order valence-corrected chi connectivity index (χ1v) is 7.35. The minimum Gasteiger partial charge on any atom is -0.325 e. The van der Waals surface area contributed by atoms with Gasteiger partial charge in [0.1, 0.15) is 0 Å². The molecule has 1 aliphatic rings. The number of benzene rings is 1. The van der Waals surface area contributed by atoms with Crippen molar-refractivity contribution >= 4 is 11.6 Å². The van der Waals surface area contributed by atoms with Gasteiger partial charge in [0, 0.05) is 18.3 Å². The summed E-state index contributed by atoms with van der Waals surface area (Å²) in [6.07, 6.45) is 2.80. The zero-order valence-electron chi connectivity index (χ0n) is 12.4. The van der Waals surface area contributed by atoms with Crippen LogP contribution >= 0.6 is 0 Å². The number of nitrogens with zero attached hydrogens (tertiary/aromatic N) is 2. The van der Waals surface area contributed by atoms with Crippen LogP contribution in [0.1, 0.15) is 18.4 Å². The number of carbonyl (C=O) groups is 1. The molecule has 1 heterocycles. The summed E-state index contributed by atoms with van der Waals surface area (Å²) in [4.78, 5) is 14.0. The molecule has 1 aliphatic heterocycles. The molecule has 2 N–H and O–H groups in total. The minimum atomic E-state index is -0.0106. The summed E-state index contributed by atoms with van der Waals surface area (Å²) >= 11 is 0. The molecule has 21 heavy (non-hydrogen) atoms. The van der Waals surface area contributed by atoms with Gasteiger partial charge in [-0.1, -0.05) is 12.1 Å². The molecule has 1 saturated heterocycles. The van der Waals surface area contributed by atoms with E-state index in [1.807, 2.05) is 36.2 Å². The van der Waals surface area contributed by atoms with Gasteiger partial charge in [-0.15, -0.1) is 0 Å². The number of carbonyl (C=O) groups excluding carboxylic acids is 1. The van der Waals surface area contributed by atoms with E-state index in [9.17, 15) is 4.79 Å². The van der Waals surface area contributed by atoms with Crippen molar-refractivity contribution in [2.24, 2.45) is 0 Å². The molecule has 5 nitrogen and oxygen atoms in total. The lowest BCUT2D eigenvalue weighted by molar-refractivity contribution is -0.117. The van der Waals surface area contributed by atoms with Crippen molar-refractivity contribution in [3.63, 3.8) is 0 Å². The van der Waals surface area contributed by atoms with Crippen LogP contribution in [0, 0.1) is 11.3 Å². The number of likely N-dealkylation sites (N-methyl/N-ethyl adjacent to an activating group) is 1. The summed E-state index contributed by atoms with van der Waals surface area (Å²) in [7, 11) is 1.97. The fourth-order valence-corrected chi connectivity index (χ4v) is 2.60. The monoisotopic (exact) mass is 286 g/mol. The van der Waals surface area contributed by atoms with Crippen LogP contribution in [0.2, 0.25) is 0 Å². The molecule has 1 fully saturated rings. The first-order valence-electron chi connectivity index (χ1n) is 7.35. The lowest BCUT2D eigenvalue weighted by Gasteiger charge is -2.20. The molecular weight excluding hydrogens is 264 g/mol. The fourth-order valence-electron chi connectivity index (χ4n) is 2.60. The topological polar surface area (TPSA) is 68.2 Å². The van der Waals surface area contributed by atoms with E-state index in [1.165, 1.54) is 12.8 Å². The lowest BCUT2D eigenvalue weighted by Crippen LogP contribution is -2.39. The average molecular weight is 286 g/mol. The third-order valence-electron chi connectivity index (χ3n) is 3.63. The number of nitrogens with one attached hydrogen (secondary N) is 2. The molecule has 0 radical (unpaired) electrons. The molecule has 1 aromatic rings. The van der Waals surface area contributed by atoms with Gasteiger partial charge >= 0.3 is 0 Å². The molecule has 1 aromatic carbocycles. The van der Waals surface area contributed by atoms with Crippen molar-refractivity contribution < 1.29 is 4.79 Å². The van der Waals surface area contributed by atoms with Crippen LogP contribution in [0.3, 0.4) is 0 Å². The summed E-state index contributed by atoms with van der Waals surface area (Å²) in [5, 5.41) is 14.9. The predicted molar refractivity (Wildman–Crippen MR) is 82.9 cm³/mol. The summed E-state index contributed by atoms with van der Waals surface area (Å²) in [5.74, 6) is -0.0106. The maximum Gasteiger partial charge on any atom is 0.238 e. The Bertz CT molecular complexity index is 500. The lowest BCUT2D eigenvalue weighted by atomic mass is 10.1. The largest absolute Gasteiger partial charge is 0.325 e. The SMILES string of the molecule is CN(CC(=O)Nc1ccc(CC#N)cc1)CC1CCCN1. The van der Waals surface area contributed by atoms with Gasteiger partial charge in [0.15, 0.2) is 0 Å². The Morgan fingerprint density at radius 1 is 1.48 bits per heavy atom. The minimum absolute atomic E-state index is 0.0106. The Hall–Kier alpha value is -1.90. The summed E-state index contributed by atoms with van der Waals surface area (Å²) < 4.78 is 0. The second-order valence-electron chi connectivity index (χ2n) is 5.57. The first kappa shape index (κ1) is 15.5. The molecule has 2 rings (SSSR count). The van der Waals surface area contributed by atoms with Gasteiger partial charge < -0.3 is 10.6 Å². The van der Waals surface area contributed by atoms with E-state index in [4.69, 9.17) is 5.26 Å². The quantitative estimate of drug-likeness (QED) is 0.829. The number of nitriles is 1. The van der Waals surface area contributed by atoms with Gasteiger partial charge in [-0.2, -0.15) is 5.26 Å². The van der Waals surface area contributed by atoms with Crippen molar-refractivity contribution in [2.75, 3.05) is 32.0 Å². The van der Waals surface area contributed by atoms with E-state index in [1.54, 1.807) is 0 Å². The molecule has 0 spiro atoms. The number of amides is 1. The molecule has 1 amide bonds. The van der Waals surface area contributed by atoms with Crippen LogP contribution in [-0.2, 0) is 11.2 Å². The third kappa shape index (κ3) is 5.18. The average Bonchev–Trinajstić information content (AvgIpc) is 2.93. The highest BCUT2D eigenvalue weighted by molar-refractivity contribution is 5.92.